The Bertz CT molecular complexity index is 1420. The van der Waals surface area contributed by atoms with Crippen LogP contribution >= 0.6 is 0 Å². The van der Waals surface area contributed by atoms with Gasteiger partial charge in [-0.25, -0.2) is 9.18 Å². The zero-order valence-electron chi connectivity index (χ0n) is 27.0. The van der Waals surface area contributed by atoms with Crippen molar-refractivity contribution in [1.29, 1.82) is 0 Å². The molecule has 1 heterocycles. The Morgan fingerprint density at radius 1 is 0.957 bits per heavy atom. The number of halogens is 4. The van der Waals surface area contributed by atoms with Gasteiger partial charge in [-0.2, -0.15) is 13.2 Å². The normalized spacial score (nSPS) is 15.8. The SMILES string of the molecule is C=C(C(=C\CCC)/C=C(\C=C/C)C(=O)O)N(CCc1ccc(F)cc1)/C(=C\C)CN1CCN(Cc2ccc(C(F)(F)F)cc2)CC1. The lowest BCUT2D eigenvalue weighted by atomic mass is 10.0. The number of carboxylic acids is 1. The summed E-state index contributed by atoms with van der Waals surface area (Å²) >= 11 is 0. The van der Waals surface area contributed by atoms with Crippen LogP contribution < -0.4 is 0 Å². The fourth-order valence-electron chi connectivity index (χ4n) is 5.31. The van der Waals surface area contributed by atoms with E-state index in [2.05, 4.69) is 34.3 Å². The molecule has 9 heteroatoms. The van der Waals surface area contributed by atoms with Gasteiger partial charge in [0.25, 0.3) is 0 Å². The van der Waals surface area contributed by atoms with Crippen molar-refractivity contribution in [3.8, 4) is 0 Å². The highest BCUT2D eigenvalue weighted by atomic mass is 19.4. The molecule has 0 radical (unpaired) electrons. The number of hydrogen-bond acceptors (Lipinski definition) is 4. The van der Waals surface area contributed by atoms with Gasteiger partial charge >= 0.3 is 12.1 Å². The van der Waals surface area contributed by atoms with Gasteiger partial charge in [-0.1, -0.05) is 68.5 Å². The van der Waals surface area contributed by atoms with Crippen LogP contribution in [0.3, 0.4) is 0 Å². The van der Waals surface area contributed by atoms with Crippen LogP contribution in [-0.2, 0) is 23.9 Å². The molecule has 1 N–H and O–H groups in total. The molecular weight excluding hydrogens is 594 g/mol. The van der Waals surface area contributed by atoms with Crippen LogP contribution in [0.25, 0.3) is 0 Å². The molecule has 0 bridgehead atoms. The predicted molar refractivity (Wildman–Crippen MR) is 176 cm³/mol. The molecule has 2 aromatic carbocycles. The van der Waals surface area contributed by atoms with E-state index >= 15 is 0 Å². The zero-order valence-corrected chi connectivity index (χ0v) is 27.0. The van der Waals surface area contributed by atoms with Gasteiger partial charge in [0.2, 0.25) is 0 Å². The third-order valence-corrected chi connectivity index (χ3v) is 7.97. The second-order valence-corrected chi connectivity index (χ2v) is 11.4. The van der Waals surface area contributed by atoms with E-state index in [1.165, 1.54) is 12.1 Å². The van der Waals surface area contributed by atoms with Crippen LogP contribution in [0.5, 0.6) is 0 Å². The van der Waals surface area contributed by atoms with Gasteiger partial charge in [0, 0.05) is 57.2 Å². The van der Waals surface area contributed by atoms with Crippen molar-refractivity contribution < 1.29 is 27.5 Å². The summed E-state index contributed by atoms with van der Waals surface area (Å²) < 4.78 is 52.4. The molecule has 1 saturated heterocycles. The largest absolute Gasteiger partial charge is 0.478 e. The Morgan fingerprint density at radius 2 is 1.57 bits per heavy atom. The molecule has 46 heavy (non-hydrogen) atoms. The second-order valence-electron chi connectivity index (χ2n) is 11.4. The smallest absolute Gasteiger partial charge is 0.416 e. The summed E-state index contributed by atoms with van der Waals surface area (Å²) in [4.78, 5) is 18.7. The van der Waals surface area contributed by atoms with Crippen LogP contribution in [0.1, 0.15) is 50.3 Å². The molecule has 0 aromatic heterocycles. The molecule has 0 unspecified atom stereocenters. The lowest BCUT2D eigenvalue weighted by Gasteiger charge is -2.38. The summed E-state index contributed by atoms with van der Waals surface area (Å²) in [6.07, 6.45) is 6.93. The number of unbranched alkanes of at least 4 members (excludes halogenated alkanes) is 1. The van der Waals surface area contributed by atoms with Crippen molar-refractivity contribution >= 4 is 5.97 Å². The fraction of sp³-hybridized carbons (Fsp3) is 0.378. The molecule has 3 rings (SSSR count). The number of aliphatic carboxylic acids is 1. The zero-order chi connectivity index (χ0) is 33.7. The number of rotatable bonds is 15. The van der Waals surface area contributed by atoms with Crippen molar-refractivity contribution in [2.75, 3.05) is 39.3 Å². The van der Waals surface area contributed by atoms with E-state index in [1.807, 2.05) is 13.0 Å². The molecule has 1 aliphatic heterocycles. The van der Waals surface area contributed by atoms with E-state index in [-0.39, 0.29) is 11.4 Å². The minimum absolute atomic E-state index is 0.163. The standard InChI is InChI=1S/C37H45F4N3O2/c1-5-8-10-31(25-32(9-6-2)36(45)46)28(4)44(20-19-29-13-17-34(38)18-14-29)35(7-3)27-43-23-21-42(22-24-43)26-30-11-15-33(16-12-30)37(39,40)41/h6-7,9-18,25H,4-5,8,19-24,26-27H2,1-3H3,(H,45,46)/b9-6-,31-10-,32-25+,35-7-. The van der Waals surface area contributed by atoms with Crippen molar-refractivity contribution in [3.63, 3.8) is 0 Å². The predicted octanol–water partition coefficient (Wildman–Crippen LogP) is 8.24. The maximum atomic E-state index is 13.6. The van der Waals surface area contributed by atoms with Crippen LogP contribution in [0.4, 0.5) is 17.6 Å². The Labute approximate surface area is 270 Å². The monoisotopic (exact) mass is 639 g/mol. The molecule has 5 nitrogen and oxygen atoms in total. The Kier molecular flexibility index (Phi) is 14.0. The quantitative estimate of drug-likeness (QED) is 0.121. The summed E-state index contributed by atoms with van der Waals surface area (Å²) in [5, 5.41) is 9.82. The maximum absolute atomic E-state index is 13.6. The third kappa shape index (κ3) is 11.1. The van der Waals surface area contributed by atoms with Crippen LogP contribution in [-0.4, -0.2) is 65.0 Å². The van der Waals surface area contributed by atoms with E-state index < -0.39 is 17.7 Å². The molecule has 1 aliphatic rings. The highest BCUT2D eigenvalue weighted by molar-refractivity contribution is 5.90. The van der Waals surface area contributed by atoms with Crippen molar-refractivity contribution in [1.82, 2.24) is 14.7 Å². The van der Waals surface area contributed by atoms with Crippen LogP contribution in [0.2, 0.25) is 0 Å². The first-order chi connectivity index (χ1) is 21.9. The fourth-order valence-corrected chi connectivity index (χ4v) is 5.31. The van der Waals surface area contributed by atoms with E-state index in [4.69, 9.17) is 0 Å². The first kappa shape index (κ1) is 36.5. The Balaban J connectivity index is 1.78. The Hall–Kier alpha value is -3.95. The van der Waals surface area contributed by atoms with Crippen molar-refractivity contribution in [3.05, 3.63) is 131 Å². The molecule has 0 amide bonds. The summed E-state index contributed by atoms with van der Waals surface area (Å²) in [6.45, 7) is 15.1. The number of nitrogens with zero attached hydrogens (tertiary/aromatic N) is 3. The van der Waals surface area contributed by atoms with Gasteiger partial charge in [0.1, 0.15) is 5.82 Å². The molecule has 0 spiro atoms. The minimum atomic E-state index is -4.35. The van der Waals surface area contributed by atoms with Gasteiger partial charge in [0.05, 0.1) is 11.1 Å². The highest BCUT2D eigenvalue weighted by Gasteiger charge is 2.30. The molecular formula is C37H45F4N3O2. The number of piperazine rings is 1. The number of allylic oxidation sites excluding steroid dienone is 4. The molecule has 2 aromatic rings. The third-order valence-electron chi connectivity index (χ3n) is 7.97. The number of carboxylic acid groups (broad SMARTS) is 1. The number of benzene rings is 2. The summed E-state index contributed by atoms with van der Waals surface area (Å²) in [5.74, 6) is -1.32. The first-order valence-electron chi connectivity index (χ1n) is 15.7. The molecule has 248 valence electrons. The highest BCUT2D eigenvalue weighted by Crippen LogP contribution is 2.29. The van der Waals surface area contributed by atoms with Gasteiger partial charge < -0.3 is 10.0 Å². The number of carbonyl (C=O) groups is 1. The van der Waals surface area contributed by atoms with E-state index in [1.54, 1.807) is 49.4 Å². The van der Waals surface area contributed by atoms with Crippen molar-refractivity contribution in [2.45, 2.75) is 52.8 Å². The molecule has 0 saturated carbocycles. The van der Waals surface area contributed by atoms with Gasteiger partial charge in [0.15, 0.2) is 0 Å². The summed E-state index contributed by atoms with van der Waals surface area (Å²) in [7, 11) is 0. The summed E-state index contributed by atoms with van der Waals surface area (Å²) in [6, 6.07) is 11.8. The van der Waals surface area contributed by atoms with Crippen molar-refractivity contribution in [2.24, 2.45) is 0 Å². The molecule has 1 fully saturated rings. The Morgan fingerprint density at radius 3 is 2.11 bits per heavy atom. The molecule has 0 aliphatic carbocycles. The van der Waals surface area contributed by atoms with Crippen LogP contribution in [0.15, 0.2) is 108 Å². The second kappa shape index (κ2) is 17.7. The van der Waals surface area contributed by atoms with E-state index in [0.29, 0.717) is 31.8 Å². The van der Waals surface area contributed by atoms with Gasteiger partial charge in [-0.3, -0.25) is 9.80 Å². The van der Waals surface area contributed by atoms with E-state index in [9.17, 15) is 27.5 Å². The average molecular weight is 640 g/mol. The molecule has 0 atom stereocenters. The lowest BCUT2D eigenvalue weighted by molar-refractivity contribution is -0.137. The average Bonchev–Trinajstić information content (AvgIpc) is 3.03. The lowest BCUT2D eigenvalue weighted by Crippen LogP contribution is -2.47. The summed E-state index contributed by atoms with van der Waals surface area (Å²) in [5.41, 5.74) is 3.77. The first-order valence-corrected chi connectivity index (χ1v) is 15.7. The van der Waals surface area contributed by atoms with Gasteiger partial charge in [-0.15, -0.1) is 0 Å². The van der Waals surface area contributed by atoms with E-state index in [0.717, 1.165) is 73.6 Å². The topological polar surface area (TPSA) is 47.0 Å². The maximum Gasteiger partial charge on any atom is 0.416 e. The number of alkyl halides is 3. The number of hydrogen-bond donors (Lipinski definition) is 1. The van der Waals surface area contributed by atoms with Crippen LogP contribution in [0, 0.1) is 5.82 Å². The minimum Gasteiger partial charge on any atom is -0.478 e. The van der Waals surface area contributed by atoms with Gasteiger partial charge in [-0.05, 0) is 73.7 Å².